The third-order valence-corrected chi connectivity index (χ3v) is 7.63. The summed E-state index contributed by atoms with van der Waals surface area (Å²) < 4.78 is 0. The van der Waals surface area contributed by atoms with Crippen molar-refractivity contribution in [3.05, 3.63) is 204 Å². The first kappa shape index (κ1) is 36.3. The fraction of sp³-hybridized carbons (Fsp3) is 0.149. The number of allylic oxidation sites excluding steroid dienone is 12. The van der Waals surface area contributed by atoms with Gasteiger partial charge in [0.2, 0.25) is 0 Å². The maximum absolute atomic E-state index is 3.90. The van der Waals surface area contributed by atoms with Gasteiger partial charge in [0.15, 0.2) is 0 Å². The summed E-state index contributed by atoms with van der Waals surface area (Å²) in [4.78, 5) is 0. The third-order valence-electron chi connectivity index (χ3n) is 7.63. The Bertz CT molecular complexity index is 1760. The van der Waals surface area contributed by atoms with Crippen molar-refractivity contribution in [3.8, 4) is 22.3 Å². The highest BCUT2D eigenvalue weighted by atomic mass is 14.2. The van der Waals surface area contributed by atoms with Crippen molar-refractivity contribution in [1.29, 1.82) is 0 Å². The van der Waals surface area contributed by atoms with E-state index in [2.05, 4.69) is 167 Å². The van der Waals surface area contributed by atoms with E-state index in [1.807, 2.05) is 38.2 Å². The lowest BCUT2D eigenvalue weighted by atomic mass is 9.93. The molecule has 0 N–H and O–H groups in total. The minimum atomic E-state index is 0.983. The van der Waals surface area contributed by atoms with Crippen molar-refractivity contribution in [2.45, 2.75) is 47.5 Å². The van der Waals surface area contributed by atoms with E-state index in [0.29, 0.717) is 0 Å². The molecule has 0 saturated carbocycles. The van der Waals surface area contributed by atoms with Crippen LogP contribution in [0.5, 0.6) is 0 Å². The maximum atomic E-state index is 3.90. The van der Waals surface area contributed by atoms with Crippen molar-refractivity contribution in [3.63, 3.8) is 0 Å². The van der Waals surface area contributed by atoms with Crippen LogP contribution < -0.4 is 0 Å². The van der Waals surface area contributed by atoms with Gasteiger partial charge in [0.05, 0.1) is 0 Å². The zero-order valence-corrected chi connectivity index (χ0v) is 28.9. The highest BCUT2D eigenvalue weighted by molar-refractivity contribution is 5.86. The van der Waals surface area contributed by atoms with Gasteiger partial charge in [-0.1, -0.05) is 191 Å². The van der Waals surface area contributed by atoms with Gasteiger partial charge >= 0.3 is 0 Å². The van der Waals surface area contributed by atoms with Crippen LogP contribution in [0.25, 0.3) is 34.4 Å². The Balaban J connectivity index is 0.000000335. The average Bonchev–Trinajstić information content (AvgIpc) is 3.50. The van der Waals surface area contributed by atoms with E-state index in [-0.39, 0.29) is 0 Å². The zero-order valence-electron chi connectivity index (χ0n) is 28.9. The molecule has 0 amide bonds. The van der Waals surface area contributed by atoms with Crippen LogP contribution in [-0.2, 0) is 6.42 Å². The minimum absolute atomic E-state index is 0.983. The molecule has 0 aliphatic heterocycles. The van der Waals surface area contributed by atoms with Gasteiger partial charge < -0.3 is 0 Å². The van der Waals surface area contributed by atoms with Crippen LogP contribution in [0.15, 0.2) is 176 Å². The number of hydrogen-bond acceptors (Lipinski definition) is 0. The number of aryl methyl sites for hydroxylation is 1. The average molecular weight is 615 g/mol. The molecular formula is C47H50. The quantitative estimate of drug-likeness (QED) is 0.137. The monoisotopic (exact) mass is 614 g/mol. The number of hydrogen-bond donors (Lipinski definition) is 0. The van der Waals surface area contributed by atoms with Gasteiger partial charge in [-0.15, -0.1) is 0 Å². The van der Waals surface area contributed by atoms with Crippen LogP contribution in [0.4, 0.5) is 0 Å². The lowest BCUT2D eigenvalue weighted by molar-refractivity contribution is 1.20. The van der Waals surface area contributed by atoms with Gasteiger partial charge in [-0.05, 0) is 94.5 Å². The molecule has 4 aromatic carbocycles. The summed E-state index contributed by atoms with van der Waals surface area (Å²) >= 11 is 0. The summed E-state index contributed by atoms with van der Waals surface area (Å²) in [6, 6.07) is 32.6. The van der Waals surface area contributed by atoms with Crippen molar-refractivity contribution < 1.29 is 0 Å². The van der Waals surface area contributed by atoms with Crippen molar-refractivity contribution in [2.24, 2.45) is 0 Å². The maximum Gasteiger partial charge on any atom is -0.000750 e. The van der Waals surface area contributed by atoms with Gasteiger partial charge in [0.25, 0.3) is 0 Å². The molecule has 0 unspecified atom stereocenters. The van der Waals surface area contributed by atoms with Crippen LogP contribution in [0.1, 0.15) is 61.9 Å². The van der Waals surface area contributed by atoms with E-state index < -0.39 is 0 Å². The Kier molecular flexibility index (Phi) is 15.5. The second-order valence-corrected chi connectivity index (χ2v) is 10.9. The Morgan fingerprint density at radius 1 is 0.702 bits per heavy atom. The van der Waals surface area contributed by atoms with Crippen LogP contribution in [0.3, 0.4) is 0 Å². The van der Waals surface area contributed by atoms with E-state index >= 15 is 0 Å². The fourth-order valence-electron chi connectivity index (χ4n) is 5.43. The molecule has 0 nitrogen and oxygen atoms in total. The molecule has 0 saturated heterocycles. The second-order valence-electron chi connectivity index (χ2n) is 10.9. The highest BCUT2D eigenvalue weighted by Gasteiger charge is 2.21. The molecule has 0 spiro atoms. The molecule has 1 aliphatic rings. The predicted octanol–water partition coefficient (Wildman–Crippen LogP) is 13.7. The molecule has 238 valence electrons. The standard InChI is InChI=1S/C32H30.C13H14.C2H6/c1-4-12-24(13-5-2)25(14-6-3)19-20-28-21-29(26-15-8-7-9-16-26)23-32-30-18-11-10-17-27(30)22-31(28)32;1-3-4-5-6-7-13-10-8-12(2)9-11-13;1-2/h4-5,7-21,23H,1,6,22H2,2-3H3;3-11H,1H2,2H3;1-2H3/b13-5-,20-19-,24-12+,25-14+;5-4-,7-6?;. The van der Waals surface area contributed by atoms with Gasteiger partial charge in [-0.2, -0.15) is 0 Å². The first-order valence-electron chi connectivity index (χ1n) is 16.7. The normalized spacial score (nSPS) is 12.4. The van der Waals surface area contributed by atoms with Gasteiger partial charge in [0, 0.05) is 0 Å². The number of rotatable bonds is 10. The molecular weight excluding hydrogens is 565 g/mol. The first-order valence-corrected chi connectivity index (χ1v) is 16.7. The molecule has 5 rings (SSSR count). The summed E-state index contributed by atoms with van der Waals surface area (Å²) in [5.74, 6) is 0. The zero-order chi connectivity index (χ0) is 33.9. The van der Waals surface area contributed by atoms with Crippen LogP contribution in [0, 0.1) is 6.92 Å². The molecule has 1 aliphatic carbocycles. The molecule has 4 aromatic rings. The number of fused-ring (bicyclic) bond motifs is 3. The highest BCUT2D eigenvalue weighted by Crippen LogP contribution is 2.41. The molecule has 0 fully saturated rings. The molecule has 47 heavy (non-hydrogen) atoms. The van der Waals surface area contributed by atoms with Crippen molar-refractivity contribution in [1.82, 2.24) is 0 Å². The molecule has 0 heterocycles. The predicted molar refractivity (Wildman–Crippen MR) is 212 cm³/mol. The summed E-state index contributed by atoms with van der Waals surface area (Å²) in [5, 5.41) is 0. The lowest BCUT2D eigenvalue weighted by Crippen LogP contribution is -1.90. The molecule has 0 radical (unpaired) electrons. The van der Waals surface area contributed by atoms with Gasteiger partial charge in [-0.25, -0.2) is 0 Å². The summed E-state index contributed by atoms with van der Waals surface area (Å²) in [6.07, 6.45) is 26.7. The summed E-state index contributed by atoms with van der Waals surface area (Å²) in [6.45, 7) is 17.8. The van der Waals surface area contributed by atoms with Crippen LogP contribution in [0.2, 0.25) is 0 Å². The summed E-state index contributed by atoms with van der Waals surface area (Å²) in [5.41, 5.74) is 14.3. The third kappa shape index (κ3) is 10.7. The molecule has 0 bridgehead atoms. The lowest BCUT2D eigenvalue weighted by Gasteiger charge is -2.11. The molecule has 0 heteroatoms. The van der Waals surface area contributed by atoms with Crippen LogP contribution >= 0.6 is 0 Å². The van der Waals surface area contributed by atoms with E-state index in [1.54, 1.807) is 6.08 Å². The fourth-order valence-corrected chi connectivity index (χ4v) is 5.43. The van der Waals surface area contributed by atoms with E-state index in [0.717, 1.165) is 12.8 Å². The largest absolute Gasteiger partial charge is 0.0991 e. The smallest absolute Gasteiger partial charge is 0.000750 e. The number of benzene rings is 4. The first-order chi connectivity index (χ1) is 23.1. The molecule has 0 aromatic heterocycles. The van der Waals surface area contributed by atoms with E-state index in [1.165, 1.54) is 61.2 Å². The Labute approximate surface area is 284 Å². The van der Waals surface area contributed by atoms with Gasteiger partial charge in [0.1, 0.15) is 0 Å². The van der Waals surface area contributed by atoms with Crippen LogP contribution in [-0.4, -0.2) is 0 Å². The topological polar surface area (TPSA) is 0 Å². The van der Waals surface area contributed by atoms with E-state index in [4.69, 9.17) is 0 Å². The Hall–Kier alpha value is -5.20. The Morgan fingerprint density at radius 3 is 2.11 bits per heavy atom. The van der Waals surface area contributed by atoms with Crippen molar-refractivity contribution >= 4 is 12.2 Å². The second kappa shape index (κ2) is 20.0. The van der Waals surface area contributed by atoms with Crippen molar-refractivity contribution in [2.75, 3.05) is 0 Å². The Morgan fingerprint density at radius 2 is 1.43 bits per heavy atom. The minimum Gasteiger partial charge on any atom is -0.0991 e. The van der Waals surface area contributed by atoms with Gasteiger partial charge in [-0.3, -0.25) is 0 Å². The molecule has 0 atom stereocenters. The SMILES string of the molecule is C=C/C=C(\C=C/C)C(/C=C\c1cc(-c2ccccc2)cc2c1Cc1ccccc1-2)=C/CC.C=C/C=C\C=Cc1ccc(C)cc1.CC. The van der Waals surface area contributed by atoms with E-state index in [9.17, 15) is 0 Å². The summed E-state index contributed by atoms with van der Waals surface area (Å²) in [7, 11) is 0.